The van der Waals surface area contributed by atoms with Crippen LogP contribution in [-0.2, 0) is 0 Å². The van der Waals surface area contributed by atoms with E-state index in [4.69, 9.17) is 11.6 Å². The van der Waals surface area contributed by atoms with E-state index in [1.165, 1.54) is 12.8 Å². The minimum Gasteiger partial charge on any atom is -0.349 e. The summed E-state index contributed by atoms with van der Waals surface area (Å²) in [5, 5.41) is 3.62. The van der Waals surface area contributed by atoms with Crippen LogP contribution in [0.4, 0.5) is 0 Å². The first-order valence-electron chi connectivity index (χ1n) is 5.87. The van der Waals surface area contributed by atoms with Crippen molar-refractivity contribution in [2.24, 2.45) is 5.92 Å². The van der Waals surface area contributed by atoms with Crippen LogP contribution >= 0.6 is 27.5 Å². The van der Waals surface area contributed by atoms with Crippen LogP contribution in [0.3, 0.4) is 0 Å². The van der Waals surface area contributed by atoms with Gasteiger partial charge in [0.15, 0.2) is 0 Å². The van der Waals surface area contributed by atoms with Crippen LogP contribution in [0.15, 0.2) is 22.7 Å². The lowest BCUT2D eigenvalue weighted by Crippen LogP contribution is -2.26. The smallest absolute Gasteiger partial charge is 0.251 e. The van der Waals surface area contributed by atoms with Gasteiger partial charge in [0.1, 0.15) is 0 Å². The first kappa shape index (κ1) is 12.9. The van der Waals surface area contributed by atoms with Crippen molar-refractivity contribution in [2.45, 2.75) is 32.2 Å². The van der Waals surface area contributed by atoms with Gasteiger partial charge in [-0.15, -0.1) is 0 Å². The number of halogens is 2. The van der Waals surface area contributed by atoms with E-state index >= 15 is 0 Å². The van der Waals surface area contributed by atoms with Gasteiger partial charge < -0.3 is 5.32 Å². The molecule has 2 rings (SSSR count). The molecule has 2 unspecified atom stereocenters. The second-order valence-corrected chi connectivity index (χ2v) is 5.87. The first-order valence-corrected chi connectivity index (χ1v) is 7.04. The lowest BCUT2D eigenvalue weighted by molar-refractivity contribution is 0.0949. The molecule has 0 spiro atoms. The quantitative estimate of drug-likeness (QED) is 0.893. The fraction of sp³-hybridized carbons (Fsp3) is 0.462. The largest absolute Gasteiger partial charge is 0.349 e. The molecule has 0 aliphatic heterocycles. The van der Waals surface area contributed by atoms with E-state index < -0.39 is 0 Å². The zero-order chi connectivity index (χ0) is 12.4. The molecule has 1 aliphatic rings. The predicted octanol–water partition coefficient (Wildman–Crippen LogP) is 4.02. The van der Waals surface area contributed by atoms with Crippen molar-refractivity contribution >= 4 is 33.4 Å². The van der Waals surface area contributed by atoms with E-state index in [0.29, 0.717) is 22.5 Å². The highest BCUT2D eigenvalue weighted by Crippen LogP contribution is 2.34. The van der Waals surface area contributed by atoms with Gasteiger partial charge in [0, 0.05) is 21.1 Å². The van der Waals surface area contributed by atoms with E-state index in [-0.39, 0.29) is 5.91 Å². The lowest BCUT2D eigenvalue weighted by Gasteiger charge is -2.05. The van der Waals surface area contributed by atoms with Crippen molar-refractivity contribution in [3.8, 4) is 0 Å². The Labute approximate surface area is 115 Å². The number of amides is 1. The molecule has 0 saturated heterocycles. The zero-order valence-electron chi connectivity index (χ0n) is 9.67. The van der Waals surface area contributed by atoms with Crippen LogP contribution < -0.4 is 5.32 Å². The molecule has 0 heterocycles. The van der Waals surface area contributed by atoms with Crippen LogP contribution in [0.5, 0.6) is 0 Å². The van der Waals surface area contributed by atoms with Crippen molar-refractivity contribution < 1.29 is 4.79 Å². The number of carbonyl (C=O) groups is 1. The van der Waals surface area contributed by atoms with Crippen LogP contribution in [0.1, 0.15) is 36.5 Å². The monoisotopic (exact) mass is 315 g/mol. The average molecular weight is 317 g/mol. The highest BCUT2D eigenvalue weighted by atomic mass is 79.9. The van der Waals surface area contributed by atoms with Gasteiger partial charge in [-0.1, -0.05) is 40.9 Å². The van der Waals surface area contributed by atoms with Gasteiger partial charge >= 0.3 is 0 Å². The fourth-order valence-corrected chi connectivity index (χ4v) is 2.91. The minimum atomic E-state index is -0.0307. The maximum atomic E-state index is 12.0. The highest BCUT2D eigenvalue weighted by molar-refractivity contribution is 9.10. The number of benzene rings is 1. The van der Waals surface area contributed by atoms with Gasteiger partial charge in [-0.05, 0) is 37.0 Å². The van der Waals surface area contributed by atoms with Gasteiger partial charge in [-0.2, -0.15) is 0 Å². The second-order valence-electron chi connectivity index (χ2n) is 4.52. The van der Waals surface area contributed by atoms with E-state index in [1.807, 2.05) is 0 Å². The maximum absolute atomic E-state index is 12.0. The zero-order valence-corrected chi connectivity index (χ0v) is 12.0. The molecule has 17 heavy (non-hydrogen) atoms. The Morgan fingerprint density at radius 1 is 1.53 bits per heavy atom. The Bertz CT molecular complexity index is 415. The standard InChI is InChI=1S/C13H15BrClNO/c1-2-3-8-6-12(8)16-13(17)9-4-10(14)7-11(15)5-9/h4-5,7-8,12H,2-3,6H2,1H3,(H,16,17). The summed E-state index contributed by atoms with van der Waals surface area (Å²) in [6.45, 7) is 2.17. The molecule has 1 aromatic carbocycles. The average Bonchev–Trinajstić information content (AvgIpc) is 2.95. The third kappa shape index (κ3) is 3.46. The highest BCUT2D eigenvalue weighted by Gasteiger charge is 2.37. The van der Waals surface area contributed by atoms with E-state index in [2.05, 4.69) is 28.2 Å². The molecule has 2 atom stereocenters. The molecule has 0 radical (unpaired) electrons. The third-order valence-electron chi connectivity index (χ3n) is 3.02. The Kier molecular flexibility index (Phi) is 4.10. The molecule has 0 aromatic heterocycles. The van der Waals surface area contributed by atoms with Gasteiger partial charge in [0.25, 0.3) is 5.91 Å². The summed E-state index contributed by atoms with van der Waals surface area (Å²) in [6.07, 6.45) is 3.49. The summed E-state index contributed by atoms with van der Waals surface area (Å²) in [6, 6.07) is 5.62. The van der Waals surface area contributed by atoms with Crippen molar-refractivity contribution in [3.63, 3.8) is 0 Å². The van der Waals surface area contributed by atoms with Gasteiger partial charge in [-0.25, -0.2) is 0 Å². The molecule has 0 bridgehead atoms. The summed E-state index contributed by atoms with van der Waals surface area (Å²) >= 11 is 9.25. The number of hydrogen-bond donors (Lipinski definition) is 1. The normalized spacial score (nSPS) is 22.3. The van der Waals surface area contributed by atoms with Gasteiger partial charge in [-0.3, -0.25) is 4.79 Å². The molecule has 1 saturated carbocycles. The number of nitrogens with one attached hydrogen (secondary N) is 1. The Morgan fingerprint density at radius 3 is 2.94 bits per heavy atom. The maximum Gasteiger partial charge on any atom is 0.251 e. The van der Waals surface area contributed by atoms with Crippen molar-refractivity contribution in [1.29, 1.82) is 0 Å². The lowest BCUT2D eigenvalue weighted by atomic mass is 10.2. The Hall–Kier alpha value is -0.540. The van der Waals surface area contributed by atoms with Crippen molar-refractivity contribution in [1.82, 2.24) is 5.32 Å². The van der Waals surface area contributed by atoms with Crippen molar-refractivity contribution in [2.75, 3.05) is 0 Å². The number of hydrogen-bond acceptors (Lipinski definition) is 1. The molecule has 1 amide bonds. The Balaban J connectivity index is 1.96. The molecule has 1 fully saturated rings. The molecule has 1 aromatic rings. The molecule has 4 heteroatoms. The summed E-state index contributed by atoms with van der Waals surface area (Å²) in [7, 11) is 0. The molecular weight excluding hydrogens is 302 g/mol. The van der Waals surface area contributed by atoms with Crippen molar-refractivity contribution in [3.05, 3.63) is 33.3 Å². The minimum absolute atomic E-state index is 0.0307. The van der Waals surface area contributed by atoms with Crippen LogP contribution in [0.25, 0.3) is 0 Å². The first-order chi connectivity index (χ1) is 8.10. The van der Waals surface area contributed by atoms with Gasteiger partial charge in [0.2, 0.25) is 0 Å². The predicted molar refractivity (Wildman–Crippen MR) is 73.4 cm³/mol. The summed E-state index contributed by atoms with van der Waals surface area (Å²) < 4.78 is 0.830. The number of rotatable bonds is 4. The summed E-state index contributed by atoms with van der Waals surface area (Å²) in [4.78, 5) is 12.0. The third-order valence-corrected chi connectivity index (χ3v) is 3.70. The van der Waals surface area contributed by atoms with Crippen LogP contribution in [0.2, 0.25) is 5.02 Å². The SMILES string of the molecule is CCCC1CC1NC(=O)c1cc(Cl)cc(Br)c1. The molecule has 2 nitrogen and oxygen atoms in total. The number of carbonyl (C=O) groups excluding carboxylic acids is 1. The van der Waals surface area contributed by atoms with E-state index in [0.717, 1.165) is 10.9 Å². The van der Waals surface area contributed by atoms with Crippen LogP contribution in [-0.4, -0.2) is 11.9 Å². The fourth-order valence-electron chi connectivity index (χ4n) is 2.05. The molecule has 1 N–H and O–H groups in total. The molecular formula is C13H15BrClNO. The second kappa shape index (κ2) is 5.40. The summed E-state index contributed by atoms with van der Waals surface area (Å²) in [5.74, 6) is 0.642. The Morgan fingerprint density at radius 2 is 2.29 bits per heavy atom. The topological polar surface area (TPSA) is 29.1 Å². The van der Waals surface area contributed by atoms with E-state index in [1.54, 1.807) is 18.2 Å². The molecule has 92 valence electrons. The molecule has 1 aliphatic carbocycles. The van der Waals surface area contributed by atoms with Crippen LogP contribution in [0, 0.1) is 5.92 Å². The van der Waals surface area contributed by atoms with E-state index in [9.17, 15) is 4.79 Å². The van der Waals surface area contributed by atoms with Gasteiger partial charge in [0.05, 0.1) is 0 Å². The summed E-state index contributed by atoms with van der Waals surface area (Å²) in [5.41, 5.74) is 0.617.